The summed E-state index contributed by atoms with van der Waals surface area (Å²) in [5, 5.41) is 8.31. The van der Waals surface area contributed by atoms with Crippen molar-refractivity contribution in [2.24, 2.45) is 0 Å². The van der Waals surface area contributed by atoms with Crippen LogP contribution in [-0.2, 0) is 13.6 Å². The van der Waals surface area contributed by atoms with Gasteiger partial charge in [0, 0.05) is 19.8 Å². The minimum atomic E-state index is -3.08. The van der Waals surface area contributed by atoms with Crippen LogP contribution in [-0.4, -0.2) is 20.4 Å². The molecule has 0 amide bonds. The lowest BCUT2D eigenvalue weighted by Gasteiger charge is -2.11. The molecule has 0 saturated heterocycles. The molecule has 0 aliphatic heterocycles. The topological polar surface area (TPSA) is 59.3 Å². The Morgan fingerprint density at radius 2 is 2.09 bits per heavy atom. The second-order valence-corrected chi connectivity index (χ2v) is 4.12. The van der Waals surface area contributed by atoms with Crippen LogP contribution < -0.4 is 0 Å². The van der Waals surface area contributed by atoms with Crippen LogP contribution in [0.3, 0.4) is 0 Å². The van der Waals surface area contributed by atoms with E-state index in [2.05, 4.69) is 15.6 Å². The van der Waals surface area contributed by atoms with Gasteiger partial charge in [-0.3, -0.25) is 4.57 Å². The normalized spacial score (nSPS) is 10.6. The molecule has 0 aliphatic carbocycles. The summed E-state index contributed by atoms with van der Waals surface area (Å²) in [6.45, 7) is 3.36. The molecule has 0 aromatic rings. The van der Waals surface area contributed by atoms with Crippen molar-refractivity contribution < 1.29 is 13.6 Å². The second kappa shape index (κ2) is 4.30. The van der Waals surface area contributed by atoms with Crippen molar-refractivity contribution in [3.63, 3.8) is 0 Å². The third-order valence-corrected chi connectivity index (χ3v) is 2.98. The summed E-state index contributed by atoms with van der Waals surface area (Å²) in [7, 11) is -0.530. The number of hydrogen-bond acceptors (Lipinski definition) is 4. The van der Waals surface area contributed by atoms with E-state index in [4.69, 9.17) is 5.26 Å². The summed E-state index contributed by atoms with van der Waals surface area (Å²) in [4.78, 5) is 0. The van der Waals surface area contributed by atoms with Gasteiger partial charge in [0.1, 0.15) is 0 Å². The standard InChI is InChI=1S/C6H10NO3P/c1-6(4-7)5-11(8,9-2)10-3/h1,5H2,2-3H3. The molecule has 0 saturated carbocycles. The zero-order valence-electron chi connectivity index (χ0n) is 6.53. The van der Waals surface area contributed by atoms with E-state index >= 15 is 0 Å². The molecule has 0 bridgehead atoms. The first-order chi connectivity index (χ1) is 5.08. The highest BCUT2D eigenvalue weighted by Gasteiger charge is 2.21. The number of nitriles is 1. The fraction of sp³-hybridized carbons (Fsp3) is 0.500. The van der Waals surface area contributed by atoms with Crippen LogP contribution in [0.25, 0.3) is 0 Å². The van der Waals surface area contributed by atoms with Gasteiger partial charge < -0.3 is 9.05 Å². The molecule has 0 aliphatic rings. The predicted octanol–water partition coefficient (Wildman–Crippen LogP) is 1.55. The average Bonchev–Trinajstić information content (AvgIpc) is 2.04. The van der Waals surface area contributed by atoms with Crippen molar-refractivity contribution in [1.29, 1.82) is 5.26 Å². The SMILES string of the molecule is C=C(C#N)CP(=O)(OC)OC. The Morgan fingerprint density at radius 3 is 2.36 bits per heavy atom. The van der Waals surface area contributed by atoms with E-state index in [9.17, 15) is 4.57 Å². The summed E-state index contributed by atoms with van der Waals surface area (Å²) >= 11 is 0. The first-order valence-corrected chi connectivity index (χ1v) is 4.59. The van der Waals surface area contributed by atoms with Gasteiger partial charge in [0.15, 0.2) is 0 Å². The van der Waals surface area contributed by atoms with Crippen LogP contribution in [0, 0.1) is 11.3 Å². The van der Waals surface area contributed by atoms with Gasteiger partial charge in [-0.25, -0.2) is 0 Å². The Morgan fingerprint density at radius 1 is 1.64 bits per heavy atom. The Labute approximate surface area is 66.0 Å². The lowest BCUT2D eigenvalue weighted by Crippen LogP contribution is -1.95. The Kier molecular flexibility index (Phi) is 4.06. The van der Waals surface area contributed by atoms with Crippen LogP contribution in [0.1, 0.15) is 0 Å². The van der Waals surface area contributed by atoms with Crippen LogP contribution >= 0.6 is 7.60 Å². The molecular weight excluding hydrogens is 165 g/mol. The number of rotatable bonds is 4. The van der Waals surface area contributed by atoms with Crippen LogP contribution in [0.15, 0.2) is 12.2 Å². The van der Waals surface area contributed by atoms with Gasteiger partial charge in [-0.05, 0) is 0 Å². The molecule has 0 N–H and O–H groups in total. The average molecular weight is 175 g/mol. The Bertz CT molecular complexity index is 222. The highest BCUT2D eigenvalue weighted by atomic mass is 31.2. The molecular formula is C6H10NO3P. The zero-order chi connectivity index (χ0) is 8.91. The molecule has 0 radical (unpaired) electrons. The van der Waals surface area contributed by atoms with Crippen LogP contribution in [0.5, 0.6) is 0 Å². The monoisotopic (exact) mass is 175 g/mol. The quantitative estimate of drug-likeness (QED) is 0.480. The molecule has 11 heavy (non-hydrogen) atoms. The van der Waals surface area contributed by atoms with Gasteiger partial charge in [0.05, 0.1) is 12.2 Å². The van der Waals surface area contributed by atoms with Gasteiger partial charge in [-0.15, -0.1) is 0 Å². The molecule has 5 heteroatoms. The predicted molar refractivity (Wildman–Crippen MR) is 41.2 cm³/mol. The van der Waals surface area contributed by atoms with E-state index in [-0.39, 0.29) is 11.7 Å². The summed E-state index contributed by atoms with van der Waals surface area (Å²) in [6.07, 6.45) is -0.0451. The fourth-order valence-corrected chi connectivity index (χ4v) is 1.42. The lowest BCUT2D eigenvalue weighted by molar-refractivity contribution is 0.278. The summed E-state index contributed by atoms with van der Waals surface area (Å²) in [5.74, 6) is 0. The molecule has 0 rings (SSSR count). The molecule has 0 aromatic heterocycles. The van der Waals surface area contributed by atoms with Crippen molar-refractivity contribution in [3.05, 3.63) is 12.2 Å². The van der Waals surface area contributed by atoms with E-state index in [1.807, 2.05) is 0 Å². The second-order valence-electron chi connectivity index (χ2n) is 1.85. The maximum absolute atomic E-state index is 11.3. The minimum Gasteiger partial charge on any atom is -0.312 e. The molecule has 0 atom stereocenters. The Hall–Kier alpha value is -0.620. The molecule has 0 heterocycles. The maximum Gasteiger partial charge on any atom is 0.335 e. The minimum absolute atomic E-state index is 0.0451. The molecule has 4 nitrogen and oxygen atoms in total. The van der Waals surface area contributed by atoms with Crippen molar-refractivity contribution >= 4 is 7.60 Å². The summed E-state index contributed by atoms with van der Waals surface area (Å²) < 4.78 is 20.4. The summed E-state index contributed by atoms with van der Waals surface area (Å²) in [6, 6.07) is 1.76. The first-order valence-electron chi connectivity index (χ1n) is 2.86. The maximum atomic E-state index is 11.3. The zero-order valence-corrected chi connectivity index (χ0v) is 7.43. The van der Waals surface area contributed by atoms with Gasteiger partial charge in [-0.1, -0.05) is 6.58 Å². The van der Waals surface area contributed by atoms with Gasteiger partial charge >= 0.3 is 7.60 Å². The third-order valence-electron chi connectivity index (χ3n) is 1.10. The van der Waals surface area contributed by atoms with E-state index in [0.29, 0.717) is 0 Å². The van der Waals surface area contributed by atoms with E-state index in [0.717, 1.165) is 0 Å². The lowest BCUT2D eigenvalue weighted by atomic mass is 10.4. The van der Waals surface area contributed by atoms with Crippen LogP contribution in [0.2, 0.25) is 0 Å². The molecule has 0 spiro atoms. The van der Waals surface area contributed by atoms with Gasteiger partial charge in [0.25, 0.3) is 0 Å². The largest absolute Gasteiger partial charge is 0.335 e. The molecule has 0 fully saturated rings. The highest BCUT2D eigenvalue weighted by Crippen LogP contribution is 2.47. The third kappa shape index (κ3) is 3.33. The van der Waals surface area contributed by atoms with Crippen molar-refractivity contribution in [1.82, 2.24) is 0 Å². The van der Waals surface area contributed by atoms with E-state index in [1.165, 1.54) is 14.2 Å². The fourth-order valence-electron chi connectivity index (χ4n) is 0.473. The molecule has 62 valence electrons. The van der Waals surface area contributed by atoms with Crippen molar-refractivity contribution in [2.45, 2.75) is 0 Å². The Balaban J connectivity index is 4.23. The van der Waals surface area contributed by atoms with Crippen molar-refractivity contribution in [3.8, 4) is 6.07 Å². The van der Waals surface area contributed by atoms with Crippen LogP contribution in [0.4, 0.5) is 0 Å². The van der Waals surface area contributed by atoms with Gasteiger partial charge in [0.2, 0.25) is 0 Å². The number of hydrogen-bond donors (Lipinski definition) is 0. The van der Waals surface area contributed by atoms with E-state index < -0.39 is 7.60 Å². The molecule has 0 unspecified atom stereocenters. The number of allylic oxidation sites excluding steroid dienone is 1. The molecule has 0 aromatic carbocycles. The first kappa shape index (κ1) is 10.4. The van der Waals surface area contributed by atoms with E-state index in [1.54, 1.807) is 6.07 Å². The van der Waals surface area contributed by atoms with Crippen molar-refractivity contribution in [2.75, 3.05) is 20.4 Å². The highest BCUT2D eigenvalue weighted by molar-refractivity contribution is 7.54. The van der Waals surface area contributed by atoms with Gasteiger partial charge in [-0.2, -0.15) is 5.26 Å². The number of nitrogens with zero attached hydrogens (tertiary/aromatic N) is 1. The smallest absolute Gasteiger partial charge is 0.312 e. The summed E-state index contributed by atoms with van der Waals surface area (Å²) in [5.41, 5.74) is 0.192.